The topological polar surface area (TPSA) is 51.7 Å². The molecule has 2 heterocycles. The Bertz CT molecular complexity index is 878. The normalized spacial score (nSPS) is 21.4. The molecular weight excluding hydrogens is 351 g/mol. The third-order valence-electron chi connectivity index (χ3n) is 6.47. The van der Waals surface area contributed by atoms with E-state index in [1.165, 1.54) is 0 Å². The van der Waals surface area contributed by atoms with Gasteiger partial charge in [-0.05, 0) is 70.3 Å². The molecule has 28 heavy (non-hydrogen) atoms. The van der Waals surface area contributed by atoms with Crippen molar-refractivity contribution in [1.82, 2.24) is 9.88 Å². The van der Waals surface area contributed by atoms with Gasteiger partial charge < -0.3 is 14.2 Å². The van der Waals surface area contributed by atoms with E-state index in [1.807, 2.05) is 82.1 Å². The van der Waals surface area contributed by atoms with Gasteiger partial charge in [-0.25, -0.2) is 0 Å². The average molecular weight is 378 g/mol. The van der Waals surface area contributed by atoms with Crippen LogP contribution in [0.15, 0.2) is 48.7 Å². The van der Waals surface area contributed by atoms with Crippen molar-refractivity contribution in [1.29, 1.82) is 0 Å². The first-order chi connectivity index (χ1) is 13.2. The fourth-order valence-electron chi connectivity index (χ4n) is 3.71. The first-order valence-corrected chi connectivity index (χ1v) is 9.82. The van der Waals surface area contributed by atoms with Crippen LogP contribution in [0.5, 0.6) is 0 Å². The lowest BCUT2D eigenvalue weighted by molar-refractivity contribution is 0.00578. The molecule has 1 aliphatic heterocycles. The standard InChI is InChI=1S/C22H27BN2O3/c1-20(2)21(3,4)28-23(27-20)17-10-8-9-16(15-17)19(26)25(5)22(12-13-22)18-11-6-7-14-24-18/h6-11,14-15H,12-13H2,1-5H3. The Hall–Kier alpha value is -2.18. The van der Waals surface area contributed by atoms with Gasteiger partial charge in [-0.15, -0.1) is 0 Å². The summed E-state index contributed by atoms with van der Waals surface area (Å²) in [6, 6.07) is 13.4. The molecule has 146 valence electrons. The number of hydrogen-bond acceptors (Lipinski definition) is 4. The van der Waals surface area contributed by atoms with Crippen molar-refractivity contribution >= 4 is 18.5 Å². The molecule has 2 fully saturated rings. The zero-order valence-electron chi connectivity index (χ0n) is 17.2. The quantitative estimate of drug-likeness (QED) is 0.767. The minimum Gasteiger partial charge on any atom is -0.399 e. The number of aromatic nitrogens is 1. The van der Waals surface area contributed by atoms with Gasteiger partial charge in [0.2, 0.25) is 0 Å². The highest BCUT2D eigenvalue weighted by atomic mass is 16.7. The Kier molecular flexibility index (Phi) is 4.40. The second-order valence-electron chi connectivity index (χ2n) is 8.82. The molecule has 1 amide bonds. The largest absolute Gasteiger partial charge is 0.494 e. The van der Waals surface area contributed by atoms with E-state index in [2.05, 4.69) is 4.98 Å². The van der Waals surface area contributed by atoms with Gasteiger partial charge in [0.15, 0.2) is 0 Å². The zero-order chi connectivity index (χ0) is 20.2. The van der Waals surface area contributed by atoms with E-state index in [4.69, 9.17) is 9.31 Å². The highest BCUT2D eigenvalue weighted by molar-refractivity contribution is 6.62. The highest BCUT2D eigenvalue weighted by Crippen LogP contribution is 2.49. The van der Waals surface area contributed by atoms with Crippen molar-refractivity contribution in [2.75, 3.05) is 7.05 Å². The maximum absolute atomic E-state index is 13.2. The van der Waals surface area contributed by atoms with Gasteiger partial charge in [0.25, 0.3) is 5.91 Å². The smallest absolute Gasteiger partial charge is 0.399 e. The van der Waals surface area contributed by atoms with Crippen molar-refractivity contribution in [2.24, 2.45) is 0 Å². The van der Waals surface area contributed by atoms with Crippen LogP contribution in [0, 0.1) is 0 Å². The number of hydrogen-bond donors (Lipinski definition) is 0. The monoisotopic (exact) mass is 378 g/mol. The summed E-state index contributed by atoms with van der Waals surface area (Å²) in [6.07, 6.45) is 3.65. The molecule has 1 saturated carbocycles. The molecule has 1 saturated heterocycles. The van der Waals surface area contributed by atoms with E-state index in [1.54, 1.807) is 6.20 Å². The molecule has 2 aliphatic rings. The first-order valence-electron chi connectivity index (χ1n) is 9.82. The van der Waals surface area contributed by atoms with E-state index in [-0.39, 0.29) is 11.4 Å². The molecule has 2 aromatic rings. The molecule has 0 radical (unpaired) electrons. The number of amides is 1. The van der Waals surface area contributed by atoms with Crippen LogP contribution >= 0.6 is 0 Å². The lowest BCUT2D eigenvalue weighted by atomic mass is 9.78. The fourth-order valence-corrected chi connectivity index (χ4v) is 3.71. The molecule has 1 aliphatic carbocycles. The Balaban J connectivity index is 1.58. The maximum atomic E-state index is 13.2. The Morgan fingerprint density at radius 2 is 1.71 bits per heavy atom. The number of nitrogens with zero attached hydrogens (tertiary/aromatic N) is 2. The minimum absolute atomic E-state index is 0.0125. The molecule has 1 aromatic carbocycles. The van der Waals surface area contributed by atoms with E-state index in [0.717, 1.165) is 24.0 Å². The number of pyridine rings is 1. The first kappa shape index (κ1) is 19.2. The molecule has 0 spiro atoms. The molecule has 0 atom stereocenters. The van der Waals surface area contributed by atoms with Crippen molar-refractivity contribution in [3.05, 3.63) is 59.9 Å². The van der Waals surface area contributed by atoms with Crippen LogP contribution in [0.2, 0.25) is 0 Å². The van der Waals surface area contributed by atoms with Crippen molar-refractivity contribution < 1.29 is 14.1 Å². The predicted octanol–water partition coefficient (Wildman–Crippen LogP) is 3.14. The molecule has 6 heteroatoms. The highest BCUT2D eigenvalue weighted by Gasteiger charge is 2.53. The average Bonchev–Trinajstić information content (AvgIpc) is 3.44. The third kappa shape index (κ3) is 3.05. The number of rotatable bonds is 4. The van der Waals surface area contributed by atoms with Crippen molar-refractivity contribution in [3.8, 4) is 0 Å². The van der Waals surface area contributed by atoms with E-state index >= 15 is 0 Å². The minimum atomic E-state index is -0.478. The van der Waals surface area contributed by atoms with Gasteiger partial charge in [-0.3, -0.25) is 9.78 Å². The molecule has 0 N–H and O–H groups in total. The Morgan fingerprint density at radius 3 is 2.29 bits per heavy atom. The predicted molar refractivity (Wildman–Crippen MR) is 109 cm³/mol. The molecule has 5 nitrogen and oxygen atoms in total. The second kappa shape index (κ2) is 6.43. The van der Waals surface area contributed by atoms with Crippen molar-refractivity contribution in [2.45, 2.75) is 57.3 Å². The van der Waals surface area contributed by atoms with Crippen LogP contribution in [-0.4, -0.2) is 41.2 Å². The summed E-state index contributed by atoms with van der Waals surface area (Å²) in [5.41, 5.74) is 1.33. The maximum Gasteiger partial charge on any atom is 0.494 e. The summed E-state index contributed by atoms with van der Waals surface area (Å²) < 4.78 is 12.3. The second-order valence-corrected chi connectivity index (χ2v) is 8.82. The van der Waals surface area contributed by atoms with E-state index in [0.29, 0.717) is 5.56 Å². The van der Waals surface area contributed by atoms with Gasteiger partial charge in [0.05, 0.1) is 22.4 Å². The molecule has 4 rings (SSSR count). The molecule has 1 aromatic heterocycles. The van der Waals surface area contributed by atoms with Crippen LogP contribution in [0.4, 0.5) is 0 Å². The van der Waals surface area contributed by atoms with Gasteiger partial charge in [-0.1, -0.05) is 18.2 Å². The molecule has 0 bridgehead atoms. The fraction of sp³-hybridized carbons (Fsp3) is 0.455. The summed E-state index contributed by atoms with van der Waals surface area (Å²) in [5.74, 6) is -0.0125. The van der Waals surface area contributed by atoms with Crippen LogP contribution in [0.3, 0.4) is 0 Å². The van der Waals surface area contributed by atoms with E-state index in [9.17, 15) is 4.79 Å². The molecule has 0 unspecified atom stereocenters. The van der Waals surface area contributed by atoms with Crippen LogP contribution in [0.1, 0.15) is 56.6 Å². The van der Waals surface area contributed by atoms with E-state index < -0.39 is 18.3 Å². The zero-order valence-corrected chi connectivity index (χ0v) is 17.2. The van der Waals surface area contributed by atoms with Crippen LogP contribution in [0.25, 0.3) is 0 Å². The van der Waals surface area contributed by atoms with Gasteiger partial charge in [0, 0.05) is 18.8 Å². The van der Waals surface area contributed by atoms with Crippen LogP contribution in [-0.2, 0) is 14.8 Å². The van der Waals surface area contributed by atoms with Crippen molar-refractivity contribution in [3.63, 3.8) is 0 Å². The SMILES string of the molecule is CN(C(=O)c1cccc(B2OC(C)(C)C(C)(C)O2)c1)C1(c2ccccn2)CC1. The number of carbonyl (C=O) groups is 1. The summed E-state index contributed by atoms with van der Waals surface area (Å²) >= 11 is 0. The third-order valence-corrected chi connectivity index (χ3v) is 6.47. The summed E-state index contributed by atoms with van der Waals surface area (Å²) in [6.45, 7) is 8.11. The number of benzene rings is 1. The summed E-state index contributed by atoms with van der Waals surface area (Å²) in [7, 11) is 1.39. The summed E-state index contributed by atoms with van der Waals surface area (Å²) in [4.78, 5) is 19.6. The number of carbonyl (C=O) groups excluding carboxylic acids is 1. The lowest BCUT2D eigenvalue weighted by Gasteiger charge is -2.32. The van der Waals surface area contributed by atoms with Gasteiger partial charge in [0.1, 0.15) is 0 Å². The summed E-state index contributed by atoms with van der Waals surface area (Å²) in [5, 5.41) is 0. The Labute approximate surface area is 167 Å². The lowest BCUT2D eigenvalue weighted by Crippen LogP contribution is -2.41. The molecular formula is C22H27BN2O3. The Morgan fingerprint density at radius 1 is 1.04 bits per heavy atom. The van der Waals surface area contributed by atoms with Gasteiger partial charge in [-0.2, -0.15) is 0 Å². The van der Waals surface area contributed by atoms with Crippen LogP contribution < -0.4 is 5.46 Å². The van der Waals surface area contributed by atoms with Gasteiger partial charge >= 0.3 is 7.12 Å².